The summed E-state index contributed by atoms with van der Waals surface area (Å²) in [6, 6.07) is 9.64. The second kappa shape index (κ2) is 6.70. The minimum Gasteiger partial charge on any atom is -0.374 e. The molecule has 2 unspecified atom stereocenters. The molecule has 0 bridgehead atoms. The summed E-state index contributed by atoms with van der Waals surface area (Å²) < 4.78 is 5.85. The highest BCUT2D eigenvalue weighted by Gasteiger charge is 2.29. The molecule has 1 N–H and O–H groups in total. The van der Waals surface area contributed by atoms with Gasteiger partial charge >= 0.3 is 0 Å². The molecule has 20 heavy (non-hydrogen) atoms. The lowest BCUT2D eigenvalue weighted by molar-refractivity contribution is -0.0430. The summed E-state index contributed by atoms with van der Waals surface area (Å²) in [6.07, 6.45) is 5.55. The van der Waals surface area contributed by atoms with Crippen molar-refractivity contribution in [3.05, 3.63) is 35.4 Å². The average Bonchev–Trinajstić information content (AvgIpc) is 2.70. The van der Waals surface area contributed by atoms with Gasteiger partial charge in [-0.1, -0.05) is 30.7 Å². The van der Waals surface area contributed by atoms with Crippen molar-refractivity contribution < 1.29 is 4.74 Å². The summed E-state index contributed by atoms with van der Waals surface area (Å²) in [5.41, 5.74) is 3.13. The molecule has 0 radical (unpaired) electrons. The topological polar surface area (TPSA) is 24.5 Å². The Bertz CT molecular complexity index is 433. The average molecular weight is 274 g/mol. The molecular weight excluding hydrogens is 248 g/mol. The standard InChI is InChI=1S/C17H26N2O/c1-18-12-15-13-19(10-11-20-15)17-9-5-3-7-14-6-2-4-8-16(14)17/h2,4,6,8,15,17-18H,3,5,7,9-13H2,1H3. The molecule has 1 aromatic rings. The van der Waals surface area contributed by atoms with Gasteiger partial charge in [-0.15, -0.1) is 0 Å². The van der Waals surface area contributed by atoms with Crippen LogP contribution in [-0.2, 0) is 11.2 Å². The number of aryl methyl sites for hydroxylation is 1. The number of ether oxygens (including phenoxy) is 1. The number of nitrogens with one attached hydrogen (secondary N) is 1. The van der Waals surface area contributed by atoms with E-state index >= 15 is 0 Å². The Hall–Kier alpha value is -0.900. The van der Waals surface area contributed by atoms with Gasteiger partial charge in [0, 0.05) is 25.7 Å². The van der Waals surface area contributed by atoms with Gasteiger partial charge in [0.15, 0.2) is 0 Å². The monoisotopic (exact) mass is 274 g/mol. The third kappa shape index (κ3) is 3.05. The molecule has 2 atom stereocenters. The zero-order valence-corrected chi connectivity index (χ0v) is 12.5. The first-order valence-electron chi connectivity index (χ1n) is 7.96. The summed E-state index contributed by atoms with van der Waals surface area (Å²) in [7, 11) is 2.00. The second-order valence-electron chi connectivity index (χ2n) is 6.01. The van der Waals surface area contributed by atoms with Crippen LogP contribution in [0.3, 0.4) is 0 Å². The Kier molecular flexibility index (Phi) is 4.71. The molecule has 3 heteroatoms. The predicted octanol–water partition coefficient (Wildman–Crippen LogP) is 2.37. The highest BCUT2D eigenvalue weighted by atomic mass is 16.5. The zero-order chi connectivity index (χ0) is 13.8. The second-order valence-corrected chi connectivity index (χ2v) is 6.01. The van der Waals surface area contributed by atoms with E-state index in [0.29, 0.717) is 12.1 Å². The summed E-state index contributed by atoms with van der Waals surface area (Å²) in [5, 5.41) is 3.24. The molecule has 1 saturated heterocycles. The Morgan fingerprint density at radius 3 is 3.10 bits per heavy atom. The van der Waals surface area contributed by atoms with Crippen molar-refractivity contribution in [1.82, 2.24) is 10.2 Å². The lowest BCUT2D eigenvalue weighted by Gasteiger charge is -2.38. The first-order valence-corrected chi connectivity index (χ1v) is 7.96. The molecule has 1 fully saturated rings. The van der Waals surface area contributed by atoms with Crippen LogP contribution in [0.4, 0.5) is 0 Å². The van der Waals surface area contributed by atoms with Gasteiger partial charge in [0.1, 0.15) is 0 Å². The lowest BCUT2D eigenvalue weighted by atomic mass is 9.97. The highest BCUT2D eigenvalue weighted by molar-refractivity contribution is 5.31. The number of hydrogen-bond acceptors (Lipinski definition) is 3. The van der Waals surface area contributed by atoms with E-state index in [-0.39, 0.29) is 0 Å². The fourth-order valence-electron chi connectivity index (χ4n) is 3.65. The normalized spacial score (nSPS) is 27.9. The van der Waals surface area contributed by atoms with Crippen LogP contribution in [0.15, 0.2) is 24.3 Å². The summed E-state index contributed by atoms with van der Waals surface area (Å²) in [5.74, 6) is 0. The van der Waals surface area contributed by atoms with Crippen LogP contribution < -0.4 is 5.32 Å². The molecule has 2 aliphatic rings. The third-order valence-corrected chi connectivity index (χ3v) is 4.63. The smallest absolute Gasteiger partial charge is 0.0826 e. The fraction of sp³-hybridized carbons (Fsp3) is 0.647. The number of hydrogen-bond donors (Lipinski definition) is 1. The first-order chi connectivity index (χ1) is 9.88. The number of nitrogens with zero attached hydrogens (tertiary/aromatic N) is 1. The molecule has 0 aromatic heterocycles. The van der Waals surface area contributed by atoms with Gasteiger partial charge < -0.3 is 10.1 Å². The van der Waals surface area contributed by atoms with E-state index in [9.17, 15) is 0 Å². The summed E-state index contributed by atoms with van der Waals surface area (Å²) in [4.78, 5) is 2.65. The molecule has 110 valence electrons. The molecule has 3 nitrogen and oxygen atoms in total. The van der Waals surface area contributed by atoms with Crippen molar-refractivity contribution in [3.63, 3.8) is 0 Å². The van der Waals surface area contributed by atoms with Gasteiger partial charge in [-0.3, -0.25) is 4.90 Å². The molecule has 1 aromatic carbocycles. The SMILES string of the molecule is CNCC1CN(C2CCCCc3ccccc32)CCO1. The van der Waals surface area contributed by atoms with Crippen molar-refractivity contribution in [2.75, 3.05) is 33.3 Å². The van der Waals surface area contributed by atoms with Crippen molar-refractivity contribution >= 4 is 0 Å². The number of likely N-dealkylation sites (N-methyl/N-ethyl adjacent to an activating group) is 1. The van der Waals surface area contributed by atoms with Crippen LogP contribution in [0.25, 0.3) is 0 Å². The Balaban J connectivity index is 1.78. The summed E-state index contributed by atoms with van der Waals surface area (Å²) in [6.45, 7) is 3.94. The predicted molar refractivity (Wildman–Crippen MR) is 82.0 cm³/mol. The molecule has 1 aliphatic heterocycles. The zero-order valence-electron chi connectivity index (χ0n) is 12.5. The van der Waals surface area contributed by atoms with Crippen molar-refractivity contribution in [3.8, 4) is 0 Å². The van der Waals surface area contributed by atoms with Gasteiger partial charge in [0.25, 0.3) is 0 Å². The molecular formula is C17H26N2O. The Labute approximate surface area is 122 Å². The maximum atomic E-state index is 5.85. The minimum absolute atomic E-state index is 0.337. The van der Waals surface area contributed by atoms with E-state index in [1.165, 1.54) is 25.7 Å². The van der Waals surface area contributed by atoms with Crippen molar-refractivity contribution in [2.24, 2.45) is 0 Å². The third-order valence-electron chi connectivity index (χ3n) is 4.63. The first kappa shape index (κ1) is 14.1. The van der Waals surface area contributed by atoms with E-state index in [0.717, 1.165) is 26.2 Å². The van der Waals surface area contributed by atoms with E-state index < -0.39 is 0 Å². The van der Waals surface area contributed by atoms with E-state index in [2.05, 4.69) is 34.5 Å². The largest absolute Gasteiger partial charge is 0.374 e. The van der Waals surface area contributed by atoms with Gasteiger partial charge in [-0.2, -0.15) is 0 Å². The van der Waals surface area contributed by atoms with Crippen molar-refractivity contribution in [2.45, 2.75) is 37.8 Å². The number of fused-ring (bicyclic) bond motifs is 1. The lowest BCUT2D eigenvalue weighted by Crippen LogP contribution is -2.47. The van der Waals surface area contributed by atoms with Crippen LogP contribution in [0.5, 0.6) is 0 Å². The van der Waals surface area contributed by atoms with Crippen LogP contribution in [-0.4, -0.2) is 44.3 Å². The summed E-state index contributed by atoms with van der Waals surface area (Å²) >= 11 is 0. The van der Waals surface area contributed by atoms with Gasteiger partial charge in [0.05, 0.1) is 12.7 Å². The van der Waals surface area contributed by atoms with Crippen LogP contribution in [0.1, 0.15) is 36.4 Å². The van der Waals surface area contributed by atoms with Crippen molar-refractivity contribution in [1.29, 1.82) is 0 Å². The molecule has 3 rings (SSSR count). The number of benzene rings is 1. The molecule has 0 spiro atoms. The fourth-order valence-corrected chi connectivity index (χ4v) is 3.65. The van der Waals surface area contributed by atoms with E-state index in [1.807, 2.05) is 7.05 Å². The van der Waals surface area contributed by atoms with Crippen LogP contribution in [0, 0.1) is 0 Å². The van der Waals surface area contributed by atoms with E-state index in [4.69, 9.17) is 4.74 Å². The molecule has 1 heterocycles. The number of morpholine rings is 1. The van der Waals surface area contributed by atoms with E-state index in [1.54, 1.807) is 11.1 Å². The Morgan fingerprint density at radius 2 is 2.20 bits per heavy atom. The molecule has 0 saturated carbocycles. The maximum Gasteiger partial charge on any atom is 0.0826 e. The van der Waals surface area contributed by atoms with Gasteiger partial charge in [-0.05, 0) is 37.4 Å². The van der Waals surface area contributed by atoms with Crippen LogP contribution >= 0.6 is 0 Å². The minimum atomic E-state index is 0.337. The highest BCUT2D eigenvalue weighted by Crippen LogP contribution is 2.33. The number of rotatable bonds is 3. The van der Waals surface area contributed by atoms with Gasteiger partial charge in [0.2, 0.25) is 0 Å². The Morgan fingerprint density at radius 1 is 1.30 bits per heavy atom. The van der Waals surface area contributed by atoms with Crippen LogP contribution in [0.2, 0.25) is 0 Å². The maximum absolute atomic E-state index is 5.85. The van der Waals surface area contributed by atoms with Gasteiger partial charge in [-0.25, -0.2) is 0 Å². The quantitative estimate of drug-likeness (QED) is 0.857. The molecule has 1 aliphatic carbocycles. The molecule has 0 amide bonds.